The predicted molar refractivity (Wildman–Crippen MR) is 73.4 cm³/mol. The number of carbonyl (C=O) groups is 1. The number of halogens is 1. The highest BCUT2D eigenvalue weighted by Crippen LogP contribution is 2.47. The third-order valence-electron chi connectivity index (χ3n) is 4.06. The Labute approximate surface area is 112 Å². The summed E-state index contributed by atoms with van der Waals surface area (Å²) in [5.74, 6) is 0.0691. The van der Waals surface area contributed by atoms with Gasteiger partial charge in [-0.05, 0) is 30.2 Å². The molecule has 1 N–H and O–H groups in total. The van der Waals surface area contributed by atoms with Crippen LogP contribution in [-0.2, 0) is 16.6 Å². The van der Waals surface area contributed by atoms with E-state index in [-0.39, 0.29) is 11.3 Å². The molecule has 96 valence electrons. The molecule has 0 aliphatic carbocycles. The zero-order chi connectivity index (χ0) is 12.9. The van der Waals surface area contributed by atoms with E-state index in [4.69, 9.17) is 11.6 Å². The van der Waals surface area contributed by atoms with Crippen LogP contribution < -0.4 is 10.2 Å². The van der Waals surface area contributed by atoms with Crippen LogP contribution in [-0.4, -0.2) is 25.5 Å². The van der Waals surface area contributed by atoms with Crippen molar-refractivity contribution in [3.05, 3.63) is 28.3 Å². The van der Waals surface area contributed by atoms with Gasteiger partial charge in [0.2, 0.25) is 5.91 Å². The molecule has 18 heavy (non-hydrogen) atoms. The van der Waals surface area contributed by atoms with Crippen LogP contribution in [0.2, 0.25) is 5.02 Å². The van der Waals surface area contributed by atoms with Gasteiger partial charge in [0.1, 0.15) is 0 Å². The van der Waals surface area contributed by atoms with Gasteiger partial charge >= 0.3 is 0 Å². The van der Waals surface area contributed by atoms with Gasteiger partial charge in [0, 0.05) is 25.4 Å². The molecule has 0 saturated heterocycles. The maximum absolute atomic E-state index is 11.8. The molecule has 0 saturated carbocycles. The zero-order valence-electron chi connectivity index (χ0n) is 10.7. The third kappa shape index (κ3) is 1.57. The molecule has 0 fully saturated rings. The van der Waals surface area contributed by atoms with Crippen molar-refractivity contribution in [1.29, 1.82) is 0 Å². The average molecular weight is 265 g/mol. The van der Waals surface area contributed by atoms with Gasteiger partial charge < -0.3 is 10.2 Å². The number of rotatable bonds is 0. The van der Waals surface area contributed by atoms with Gasteiger partial charge in [0.15, 0.2) is 0 Å². The molecular formula is C14H17ClN2O. The molecule has 1 amide bonds. The van der Waals surface area contributed by atoms with E-state index in [2.05, 4.69) is 18.3 Å². The van der Waals surface area contributed by atoms with Crippen molar-refractivity contribution in [2.24, 2.45) is 0 Å². The Balaban J connectivity index is 2.27. The predicted octanol–water partition coefficient (Wildman–Crippen LogP) is 2.11. The number of nitrogens with one attached hydrogen (secondary N) is 1. The van der Waals surface area contributed by atoms with Crippen molar-refractivity contribution in [3.8, 4) is 0 Å². The lowest BCUT2D eigenvalue weighted by molar-refractivity contribution is -0.116. The fraction of sp³-hybridized carbons (Fsp3) is 0.500. The number of hydrogen-bond acceptors (Lipinski definition) is 2. The lowest BCUT2D eigenvalue weighted by Gasteiger charge is -2.24. The minimum absolute atomic E-state index is 0.0161. The highest BCUT2D eigenvalue weighted by atomic mass is 35.5. The second-order valence-electron chi connectivity index (χ2n) is 5.52. The number of amides is 1. The number of nitrogens with zero attached hydrogens (tertiary/aromatic N) is 1. The van der Waals surface area contributed by atoms with Gasteiger partial charge in [-0.2, -0.15) is 0 Å². The third-order valence-corrected chi connectivity index (χ3v) is 4.37. The van der Waals surface area contributed by atoms with Gasteiger partial charge in [0.25, 0.3) is 0 Å². The molecular weight excluding hydrogens is 248 g/mol. The minimum atomic E-state index is -0.0161. The lowest BCUT2D eigenvalue weighted by atomic mass is 9.82. The molecule has 2 aliphatic rings. The van der Waals surface area contributed by atoms with E-state index in [1.54, 1.807) is 6.92 Å². The number of hydrogen-bond donors (Lipinski definition) is 1. The molecule has 0 aromatic heterocycles. The molecule has 4 heteroatoms. The Hall–Kier alpha value is -1.06. The summed E-state index contributed by atoms with van der Waals surface area (Å²) in [5.41, 5.74) is 3.52. The summed E-state index contributed by atoms with van der Waals surface area (Å²) in [7, 11) is 0. The monoisotopic (exact) mass is 264 g/mol. The minimum Gasteiger partial charge on any atom is -0.315 e. The number of carbonyl (C=O) groups excluding carboxylic acids is 1. The summed E-state index contributed by atoms with van der Waals surface area (Å²) in [6.07, 6.45) is 1.00. The second-order valence-corrected chi connectivity index (χ2v) is 5.93. The largest absolute Gasteiger partial charge is 0.315 e. The maximum atomic E-state index is 11.8. The summed E-state index contributed by atoms with van der Waals surface area (Å²) in [4.78, 5) is 13.7. The topological polar surface area (TPSA) is 32.3 Å². The zero-order valence-corrected chi connectivity index (χ0v) is 11.5. The van der Waals surface area contributed by atoms with E-state index in [1.807, 2.05) is 11.0 Å². The van der Waals surface area contributed by atoms with Crippen molar-refractivity contribution in [2.75, 3.05) is 24.5 Å². The van der Waals surface area contributed by atoms with Crippen LogP contribution >= 0.6 is 11.6 Å². The fourth-order valence-electron chi connectivity index (χ4n) is 3.26. The van der Waals surface area contributed by atoms with Gasteiger partial charge in [0.05, 0.1) is 10.7 Å². The van der Waals surface area contributed by atoms with Crippen molar-refractivity contribution in [2.45, 2.75) is 25.7 Å². The molecule has 0 spiro atoms. The Morgan fingerprint density at radius 2 is 2.28 bits per heavy atom. The van der Waals surface area contributed by atoms with E-state index in [9.17, 15) is 4.79 Å². The van der Waals surface area contributed by atoms with E-state index in [1.165, 1.54) is 11.1 Å². The molecule has 3 nitrogen and oxygen atoms in total. The number of anilines is 1. The first kappa shape index (κ1) is 12.0. The summed E-state index contributed by atoms with van der Waals surface area (Å²) >= 11 is 6.33. The molecule has 2 aliphatic heterocycles. The molecule has 0 bridgehead atoms. The summed E-state index contributed by atoms with van der Waals surface area (Å²) in [6, 6.07) is 4.03. The van der Waals surface area contributed by atoms with E-state index in [0.717, 1.165) is 31.7 Å². The van der Waals surface area contributed by atoms with Crippen LogP contribution in [0.1, 0.15) is 25.0 Å². The van der Waals surface area contributed by atoms with Crippen LogP contribution in [0.25, 0.3) is 0 Å². The Bertz CT molecular complexity index is 529. The van der Waals surface area contributed by atoms with Gasteiger partial charge in [-0.1, -0.05) is 24.6 Å². The van der Waals surface area contributed by atoms with Crippen LogP contribution in [0, 0.1) is 0 Å². The van der Waals surface area contributed by atoms with Crippen molar-refractivity contribution in [1.82, 2.24) is 5.32 Å². The smallest absolute Gasteiger partial charge is 0.223 e. The Morgan fingerprint density at radius 3 is 3.00 bits per heavy atom. The Morgan fingerprint density at radius 1 is 1.50 bits per heavy atom. The SMILES string of the molecule is CC(=O)N1C[C@@]2(C)CNCCc3ccc(Cl)c1c32. The summed E-state index contributed by atoms with van der Waals surface area (Å²) < 4.78 is 0. The first-order chi connectivity index (χ1) is 8.53. The maximum Gasteiger partial charge on any atom is 0.223 e. The van der Waals surface area contributed by atoms with E-state index < -0.39 is 0 Å². The molecule has 0 radical (unpaired) electrons. The molecule has 1 aromatic rings. The summed E-state index contributed by atoms with van der Waals surface area (Å²) in [6.45, 7) is 6.44. The second kappa shape index (κ2) is 3.97. The van der Waals surface area contributed by atoms with E-state index >= 15 is 0 Å². The quantitative estimate of drug-likeness (QED) is 0.778. The van der Waals surface area contributed by atoms with Crippen LogP contribution in [0.3, 0.4) is 0 Å². The normalized spacial score (nSPS) is 25.8. The van der Waals surface area contributed by atoms with Crippen LogP contribution in [0.15, 0.2) is 12.1 Å². The molecule has 2 heterocycles. The van der Waals surface area contributed by atoms with Crippen molar-refractivity contribution in [3.63, 3.8) is 0 Å². The first-order valence-corrected chi connectivity index (χ1v) is 6.71. The van der Waals surface area contributed by atoms with Gasteiger partial charge in [-0.3, -0.25) is 4.79 Å². The van der Waals surface area contributed by atoms with Crippen LogP contribution in [0.4, 0.5) is 5.69 Å². The molecule has 0 unspecified atom stereocenters. The summed E-state index contributed by atoms with van der Waals surface area (Å²) in [5, 5.41) is 4.16. The van der Waals surface area contributed by atoms with Crippen LogP contribution in [0.5, 0.6) is 0 Å². The molecule has 1 aromatic carbocycles. The number of benzene rings is 1. The van der Waals surface area contributed by atoms with Crippen molar-refractivity contribution < 1.29 is 4.79 Å². The molecule has 1 atom stereocenters. The first-order valence-electron chi connectivity index (χ1n) is 6.33. The Kier molecular flexibility index (Phi) is 2.65. The van der Waals surface area contributed by atoms with Gasteiger partial charge in [-0.25, -0.2) is 0 Å². The highest BCUT2D eigenvalue weighted by Gasteiger charge is 2.43. The lowest BCUT2D eigenvalue weighted by Crippen LogP contribution is -2.40. The standard InChI is InChI=1S/C14H17ClN2O/c1-9(18)17-8-14(2)7-16-6-5-10-3-4-11(15)13(17)12(10)14/h3-4,16H,5-8H2,1-2H3/t14-/m1/s1. The highest BCUT2D eigenvalue weighted by molar-refractivity contribution is 6.34. The van der Waals surface area contributed by atoms with Gasteiger partial charge in [-0.15, -0.1) is 0 Å². The average Bonchev–Trinajstić information content (AvgIpc) is 2.54. The fourth-order valence-corrected chi connectivity index (χ4v) is 3.52. The van der Waals surface area contributed by atoms with Crippen molar-refractivity contribution >= 4 is 23.2 Å². The van der Waals surface area contributed by atoms with E-state index in [0.29, 0.717) is 5.02 Å². The molecule has 3 rings (SSSR count).